The Labute approximate surface area is 219 Å². The number of anilines is 1. The normalized spacial score (nSPS) is 11.6. The summed E-state index contributed by atoms with van der Waals surface area (Å²) in [6.07, 6.45) is 5.39. The van der Waals surface area contributed by atoms with Crippen LogP contribution >= 0.6 is 0 Å². The van der Waals surface area contributed by atoms with Crippen molar-refractivity contribution in [2.45, 2.75) is 6.92 Å². The van der Waals surface area contributed by atoms with Crippen LogP contribution in [0, 0.1) is 12.7 Å². The summed E-state index contributed by atoms with van der Waals surface area (Å²) in [5.74, 6) is 0.280. The summed E-state index contributed by atoms with van der Waals surface area (Å²) in [5.41, 5.74) is 8.31. The lowest BCUT2D eigenvalue weighted by Gasteiger charge is -2.13. The molecule has 0 spiro atoms. The van der Waals surface area contributed by atoms with Crippen LogP contribution in [0.25, 0.3) is 55.8 Å². The maximum atomic E-state index is 14.6. The van der Waals surface area contributed by atoms with Gasteiger partial charge < -0.3 is 15.2 Å². The topological polar surface area (TPSA) is 98.4 Å². The largest absolute Gasteiger partial charge is 0.384 e. The zero-order chi connectivity index (χ0) is 26.2. The second-order valence-electron chi connectivity index (χ2n) is 9.68. The second-order valence-corrected chi connectivity index (χ2v) is 9.68. The smallest absolute Gasteiger partial charge is 0.178 e. The number of H-pyrrole nitrogens is 2. The van der Waals surface area contributed by atoms with Gasteiger partial charge in [-0.15, -0.1) is 0 Å². The molecule has 0 radical (unpaired) electrons. The van der Waals surface area contributed by atoms with E-state index in [9.17, 15) is 4.39 Å². The molecule has 0 aliphatic carbocycles. The Morgan fingerprint density at radius 2 is 1.87 bits per heavy atom. The lowest BCUT2D eigenvalue weighted by atomic mass is 10.0. The number of nitrogens with zero attached hydrogens (tertiary/aromatic N) is 5. The van der Waals surface area contributed by atoms with E-state index in [1.165, 1.54) is 12.1 Å². The summed E-state index contributed by atoms with van der Waals surface area (Å²) in [6.45, 7) is 3.58. The van der Waals surface area contributed by atoms with Gasteiger partial charge in [0.05, 0.1) is 11.0 Å². The lowest BCUT2D eigenvalue weighted by Crippen LogP contribution is -2.20. The van der Waals surface area contributed by atoms with Crippen LogP contribution in [0.15, 0.2) is 67.1 Å². The molecule has 3 N–H and O–H groups in total. The maximum Gasteiger partial charge on any atom is 0.178 e. The monoisotopic (exact) mass is 506 g/mol. The van der Waals surface area contributed by atoms with E-state index in [-0.39, 0.29) is 5.82 Å². The summed E-state index contributed by atoms with van der Waals surface area (Å²) < 4.78 is 14.6. The third-order valence-corrected chi connectivity index (χ3v) is 6.48. The van der Waals surface area contributed by atoms with Crippen molar-refractivity contribution in [2.24, 2.45) is 0 Å². The minimum absolute atomic E-state index is 0.309. The van der Waals surface area contributed by atoms with Crippen molar-refractivity contribution in [3.05, 3.63) is 78.5 Å². The minimum atomic E-state index is -0.309. The SMILES string of the molecule is Cc1cncc(-c2ccc3[nH]nc(-c4nc5nccc(-c6cc(F)cc(NCCN(C)C)c6)c5[nH]4)c3c2)c1. The Morgan fingerprint density at radius 1 is 0.974 bits per heavy atom. The van der Waals surface area contributed by atoms with E-state index in [0.717, 1.165) is 56.5 Å². The molecule has 8 nitrogen and oxygen atoms in total. The summed E-state index contributed by atoms with van der Waals surface area (Å²) in [4.78, 5) is 19.0. The average molecular weight is 507 g/mol. The zero-order valence-corrected chi connectivity index (χ0v) is 21.4. The van der Waals surface area contributed by atoms with Crippen LogP contribution in [-0.2, 0) is 0 Å². The van der Waals surface area contributed by atoms with Crippen LogP contribution in [0.3, 0.4) is 0 Å². The van der Waals surface area contributed by atoms with Gasteiger partial charge in [-0.05, 0) is 80.2 Å². The molecule has 0 unspecified atom stereocenters. The van der Waals surface area contributed by atoms with Gasteiger partial charge in [-0.1, -0.05) is 6.07 Å². The fourth-order valence-corrected chi connectivity index (χ4v) is 4.62. The van der Waals surface area contributed by atoms with E-state index >= 15 is 0 Å². The molecule has 0 amide bonds. The molecule has 6 aromatic rings. The molecule has 0 aliphatic rings. The first-order valence-electron chi connectivity index (χ1n) is 12.4. The van der Waals surface area contributed by atoms with Crippen molar-refractivity contribution in [1.82, 2.24) is 35.0 Å². The molecular weight excluding hydrogens is 479 g/mol. The van der Waals surface area contributed by atoms with Gasteiger partial charge in [-0.2, -0.15) is 5.10 Å². The molecule has 2 aromatic carbocycles. The number of aromatic amines is 2. The number of pyridine rings is 2. The first-order chi connectivity index (χ1) is 18.4. The van der Waals surface area contributed by atoms with Crippen LogP contribution in [0.1, 0.15) is 5.56 Å². The molecule has 38 heavy (non-hydrogen) atoms. The van der Waals surface area contributed by atoms with Crippen LogP contribution in [0.2, 0.25) is 0 Å². The van der Waals surface area contributed by atoms with Gasteiger partial charge in [-0.25, -0.2) is 14.4 Å². The second kappa shape index (κ2) is 9.68. The highest BCUT2D eigenvalue weighted by Gasteiger charge is 2.17. The number of hydrogen-bond donors (Lipinski definition) is 3. The molecule has 0 aliphatic heterocycles. The average Bonchev–Trinajstić information content (AvgIpc) is 3.51. The molecule has 0 fully saturated rings. The van der Waals surface area contributed by atoms with Crippen molar-refractivity contribution in [3.63, 3.8) is 0 Å². The number of rotatable bonds is 7. The number of aromatic nitrogens is 6. The van der Waals surface area contributed by atoms with Gasteiger partial charge in [0.1, 0.15) is 11.5 Å². The van der Waals surface area contributed by atoms with Crippen molar-refractivity contribution in [2.75, 3.05) is 32.5 Å². The third kappa shape index (κ3) is 4.59. The highest BCUT2D eigenvalue weighted by atomic mass is 19.1. The van der Waals surface area contributed by atoms with Crippen molar-refractivity contribution in [1.29, 1.82) is 0 Å². The molecule has 9 heteroatoms. The van der Waals surface area contributed by atoms with Gasteiger partial charge in [0.15, 0.2) is 11.5 Å². The van der Waals surface area contributed by atoms with E-state index in [4.69, 9.17) is 4.98 Å². The fraction of sp³-hybridized carbons (Fsp3) is 0.172. The summed E-state index contributed by atoms with van der Waals surface area (Å²) >= 11 is 0. The standard InChI is InChI=1S/C29H27FN8/c1-17-10-20(16-31-15-17)18-4-5-25-24(13-18)27(37-36-25)29-34-26-23(6-7-33-28(26)35-29)19-11-21(30)14-22(12-19)32-8-9-38(2)3/h4-7,10-16,32H,8-9H2,1-3H3,(H,36,37)(H,33,34,35). The third-order valence-electron chi connectivity index (χ3n) is 6.48. The molecule has 4 heterocycles. The number of hydrogen-bond acceptors (Lipinski definition) is 6. The van der Waals surface area contributed by atoms with Crippen LogP contribution in [-0.4, -0.2) is 62.2 Å². The predicted octanol–water partition coefficient (Wildman–Crippen LogP) is 5.65. The van der Waals surface area contributed by atoms with Crippen LogP contribution in [0.4, 0.5) is 10.1 Å². The Kier molecular flexibility index (Phi) is 6.05. The van der Waals surface area contributed by atoms with E-state index in [2.05, 4.69) is 47.5 Å². The molecule has 190 valence electrons. The Balaban J connectivity index is 1.40. The van der Waals surface area contributed by atoms with Crippen LogP contribution in [0.5, 0.6) is 0 Å². The van der Waals surface area contributed by atoms with Crippen molar-refractivity contribution in [3.8, 4) is 33.8 Å². The first-order valence-corrected chi connectivity index (χ1v) is 12.4. The number of likely N-dealkylation sites (N-methyl/N-ethyl adjacent to an activating group) is 1. The highest BCUT2D eigenvalue weighted by Crippen LogP contribution is 2.33. The van der Waals surface area contributed by atoms with Gasteiger partial charge >= 0.3 is 0 Å². The van der Waals surface area contributed by atoms with Crippen molar-refractivity contribution >= 4 is 27.8 Å². The number of imidazole rings is 1. The zero-order valence-electron chi connectivity index (χ0n) is 21.4. The number of halogens is 1. The Morgan fingerprint density at radius 3 is 2.71 bits per heavy atom. The number of benzene rings is 2. The van der Waals surface area contributed by atoms with E-state index < -0.39 is 0 Å². The minimum Gasteiger partial charge on any atom is -0.384 e. The molecule has 0 atom stereocenters. The van der Waals surface area contributed by atoms with Crippen LogP contribution < -0.4 is 5.32 Å². The lowest BCUT2D eigenvalue weighted by molar-refractivity contribution is 0.425. The Bertz CT molecular complexity index is 1770. The number of aryl methyl sites for hydroxylation is 1. The fourth-order valence-electron chi connectivity index (χ4n) is 4.62. The molecular formula is C29H27FN8. The van der Waals surface area contributed by atoms with Crippen molar-refractivity contribution < 1.29 is 4.39 Å². The van der Waals surface area contributed by atoms with Gasteiger partial charge in [0.25, 0.3) is 0 Å². The van der Waals surface area contributed by atoms with Gasteiger partial charge in [0, 0.05) is 53.9 Å². The van der Waals surface area contributed by atoms with E-state index in [0.29, 0.717) is 23.7 Å². The number of nitrogens with one attached hydrogen (secondary N) is 3. The van der Waals surface area contributed by atoms with Gasteiger partial charge in [0.2, 0.25) is 0 Å². The molecule has 0 bridgehead atoms. The number of fused-ring (bicyclic) bond motifs is 2. The highest BCUT2D eigenvalue weighted by molar-refractivity contribution is 5.97. The molecule has 0 saturated carbocycles. The van der Waals surface area contributed by atoms with E-state index in [1.54, 1.807) is 6.20 Å². The quantitative estimate of drug-likeness (QED) is 0.259. The molecule has 4 aromatic heterocycles. The molecule has 0 saturated heterocycles. The first kappa shape index (κ1) is 23.7. The Hall–Kier alpha value is -4.63. The van der Waals surface area contributed by atoms with Gasteiger partial charge in [-0.3, -0.25) is 10.1 Å². The predicted molar refractivity (Wildman–Crippen MR) is 149 cm³/mol. The maximum absolute atomic E-state index is 14.6. The summed E-state index contributed by atoms with van der Waals surface area (Å²) in [7, 11) is 4.01. The molecule has 6 rings (SSSR count). The van der Waals surface area contributed by atoms with E-state index in [1.807, 2.05) is 57.7 Å². The summed E-state index contributed by atoms with van der Waals surface area (Å²) in [6, 6.07) is 15.1. The summed E-state index contributed by atoms with van der Waals surface area (Å²) in [5, 5.41) is 11.9.